The number of carbonyl (C=O) groups excluding carboxylic acids is 2. The van der Waals surface area contributed by atoms with Crippen LogP contribution in [0.15, 0.2) is 59.8 Å². The van der Waals surface area contributed by atoms with Gasteiger partial charge < -0.3 is 19.1 Å². The number of amides is 1. The summed E-state index contributed by atoms with van der Waals surface area (Å²) in [6.07, 6.45) is 4.13. The summed E-state index contributed by atoms with van der Waals surface area (Å²) in [6, 6.07) is 8.66. The second-order valence-electron chi connectivity index (χ2n) is 11.6. The topological polar surface area (TPSA) is 115 Å². The Bertz CT molecular complexity index is 1720. The van der Waals surface area contributed by atoms with E-state index in [0.717, 1.165) is 17.1 Å². The van der Waals surface area contributed by atoms with Crippen LogP contribution >= 0.6 is 23.2 Å². The quantitative estimate of drug-likeness (QED) is 0.194. The molecule has 0 radical (unpaired) electrons. The zero-order valence-electron chi connectivity index (χ0n) is 25.6. The molecule has 2 heterocycles. The molecule has 0 spiro atoms. The number of benzene rings is 2. The van der Waals surface area contributed by atoms with Crippen LogP contribution in [0.25, 0.3) is 0 Å². The number of ether oxygens (including phenoxy) is 3. The average Bonchev–Trinajstić information content (AvgIpc) is 3.72. The van der Waals surface area contributed by atoms with E-state index in [1.165, 1.54) is 59.8 Å². The van der Waals surface area contributed by atoms with Crippen molar-refractivity contribution in [2.24, 2.45) is 5.92 Å². The van der Waals surface area contributed by atoms with Gasteiger partial charge in [0.1, 0.15) is 12.1 Å². The van der Waals surface area contributed by atoms with Gasteiger partial charge in [-0.1, -0.05) is 35.3 Å². The number of esters is 1. The Kier molecular flexibility index (Phi) is 10.9. The van der Waals surface area contributed by atoms with Crippen LogP contribution in [0.5, 0.6) is 11.5 Å². The molecule has 1 aliphatic carbocycles. The van der Waals surface area contributed by atoms with E-state index < -0.39 is 34.7 Å². The number of hydrogen-bond donors (Lipinski definition) is 0. The van der Waals surface area contributed by atoms with Gasteiger partial charge in [0.15, 0.2) is 11.5 Å². The van der Waals surface area contributed by atoms with Crippen molar-refractivity contribution in [1.82, 2.24) is 14.2 Å². The summed E-state index contributed by atoms with van der Waals surface area (Å²) >= 11 is 12.8. The molecule has 0 N–H and O–H groups in total. The van der Waals surface area contributed by atoms with Gasteiger partial charge in [0.25, 0.3) is 5.91 Å². The number of nitrogens with zero attached hydrogens (tertiary/aromatic N) is 3. The number of sulfonamides is 1. The van der Waals surface area contributed by atoms with Crippen molar-refractivity contribution in [3.05, 3.63) is 81.6 Å². The Balaban J connectivity index is 1.46. The summed E-state index contributed by atoms with van der Waals surface area (Å²) < 4.78 is 71.5. The lowest BCUT2D eigenvalue weighted by Crippen LogP contribution is -2.42. The second kappa shape index (κ2) is 14.7. The smallest absolute Gasteiger partial charge is 0.387 e. The first-order chi connectivity index (χ1) is 22.3. The highest BCUT2D eigenvalue weighted by atomic mass is 35.5. The first-order valence-corrected chi connectivity index (χ1v) is 17.1. The molecule has 10 nitrogen and oxygen atoms in total. The van der Waals surface area contributed by atoms with Crippen molar-refractivity contribution in [3.63, 3.8) is 0 Å². The van der Waals surface area contributed by atoms with E-state index in [-0.39, 0.29) is 57.3 Å². The van der Waals surface area contributed by atoms with Crippen LogP contribution in [0.1, 0.15) is 53.3 Å². The van der Waals surface area contributed by atoms with E-state index in [1.54, 1.807) is 14.1 Å². The Morgan fingerprint density at radius 1 is 1.04 bits per heavy atom. The van der Waals surface area contributed by atoms with Crippen LogP contribution in [-0.4, -0.2) is 74.4 Å². The fourth-order valence-electron chi connectivity index (χ4n) is 5.23. The van der Waals surface area contributed by atoms with Crippen LogP contribution in [0.3, 0.4) is 0 Å². The number of hydrogen-bond acceptors (Lipinski definition) is 8. The van der Waals surface area contributed by atoms with E-state index in [2.05, 4.69) is 9.72 Å². The predicted octanol–water partition coefficient (Wildman–Crippen LogP) is 6.16. The highest BCUT2D eigenvalue weighted by molar-refractivity contribution is 7.89. The maximum absolute atomic E-state index is 13.8. The third kappa shape index (κ3) is 8.32. The largest absolute Gasteiger partial charge is 0.489 e. The molecule has 1 aliphatic heterocycles. The summed E-state index contributed by atoms with van der Waals surface area (Å²) in [7, 11) is -1.11. The molecule has 2 aromatic carbocycles. The highest BCUT2D eigenvalue weighted by Gasteiger charge is 2.41. The van der Waals surface area contributed by atoms with Crippen molar-refractivity contribution in [3.8, 4) is 11.5 Å². The first-order valence-electron chi connectivity index (χ1n) is 14.9. The Morgan fingerprint density at radius 2 is 1.77 bits per heavy atom. The third-order valence-electron chi connectivity index (χ3n) is 7.90. The number of pyridine rings is 1. The Labute approximate surface area is 281 Å². The van der Waals surface area contributed by atoms with Gasteiger partial charge in [-0.2, -0.15) is 13.1 Å². The highest BCUT2D eigenvalue weighted by Crippen LogP contribution is 2.38. The average molecular weight is 713 g/mol. The zero-order valence-corrected chi connectivity index (χ0v) is 27.9. The van der Waals surface area contributed by atoms with Crippen LogP contribution in [-0.2, 0) is 26.0 Å². The Hall–Kier alpha value is -3.52. The molecule has 47 heavy (non-hydrogen) atoms. The van der Waals surface area contributed by atoms with Gasteiger partial charge in [-0.25, -0.2) is 8.42 Å². The molecule has 2 fully saturated rings. The lowest BCUT2D eigenvalue weighted by molar-refractivity contribution is -0.153. The number of aromatic nitrogens is 1. The number of alkyl halides is 2. The summed E-state index contributed by atoms with van der Waals surface area (Å²) in [5.74, 6) is -1.04. The predicted molar refractivity (Wildman–Crippen MR) is 169 cm³/mol. The SMILES string of the molecule is CN(C)C(=O)c1cccc(S(=O)(=O)N2CCC[C@H]2C(=O)O[C@@H](Cc2c(Cl)cncc2Cl)c2ccc(OC(F)F)c(OCC3CC3)c2)c1. The molecule has 2 aliphatic rings. The van der Waals surface area contributed by atoms with E-state index >= 15 is 0 Å². The molecular weight excluding hydrogens is 679 g/mol. The van der Waals surface area contributed by atoms with Crippen LogP contribution < -0.4 is 9.47 Å². The van der Waals surface area contributed by atoms with Crippen molar-refractivity contribution in [2.75, 3.05) is 27.2 Å². The van der Waals surface area contributed by atoms with Crippen LogP contribution in [0.2, 0.25) is 10.0 Å². The lowest BCUT2D eigenvalue weighted by Gasteiger charge is -2.26. The molecule has 1 amide bonds. The molecule has 5 rings (SSSR count). The lowest BCUT2D eigenvalue weighted by atomic mass is 10.0. The molecule has 1 aromatic heterocycles. The number of rotatable bonds is 13. The molecule has 1 saturated heterocycles. The molecule has 252 valence electrons. The second-order valence-corrected chi connectivity index (χ2v) is 14.3. The zero-order chi connectivity index (χ0) is 33.9. The van der Waals surface area contributed by atoms with E-state index in [4.69, 9.17) is 32.7 Å². The minimum atomic E-state index is -4.22. The first kappa shape index (κ1) is 34.8. The Morgan fingerprint density at radius 3 is 2.43 bits per heavy atom. The van der Waals surface area contributed by atoms with Gasteiger partial charge in [-0.05, 0) is 73.1 Å². The fraction of sp³-hybridized carbons (Fsp3) is 0.406. The van der Waals surface area contributed by atoms with Crippen molar-refractivity contribution < 1.29 is 41.0 Å². The maximum atomic E-state index is 13.8. The fourth-order valence-corrected chi connectivity index (χ4v) is 7.45. The molecule has 2 atom stereocenters. The monoisotopic (exact) mass is 711 g/mol. The van der Waals surface area contributed by atoms with Crippen molar-refractivity contribution >= 4 is 45.1 Å². The summed E-state index contributed by atoms with van der Waals surface area (Å²) in [6.45, 7) is -2.74. The normalized spacial score (nSPS) is 17.4. The van der Waals surface area contributed by atoms with Crippen molar-refractivity contribution in [1.29, 1.82) is 0 Å². The van der Waals surface area contributed by atoms with Crippen LogP contribution in [0, 0.1) is 5.92 Å². The molecule has 0 bridgehead atoms. The summed E-state index contributed by atoms with van der Waals surface area (Å²) in [4.78, 5) is 31.5. The van der Waals surface area contributed by atoms with Gasteiger partial charge in [0.05, 0.1) is 21.5 Å². The molecule has 0 unspecified atom stereocenters. The standard InChI is InChI=1S/C32H33Cl2F2N3O7S/c1-38(2)30(40)21-5-3-6-22(13-21)47(42,43)39-12-4-7-26(39)31(41)45-28(15-23-24(33)16-37-17-25(23)34)20-10-11-27(46-32(35)36)29(14-20)44-18-19-8-9-19/h3,5-6,10-11,13-14,16-17,19,26,28,32H,4,7-9,12,15,18H2,1-2H3/t26-,28-/m0/s1. The number of carbonyl (C=O) groups is 2. The maximum Gasteiger partial charge on any atom is 0.387 e. The molecule has 1 saturated carbocycles. The van der Waals surface area contributed by atoms with Crippen molar-refractivity contribution in [2.45, 2.75) is 55.8 Å². The van der Waals surface area contributed by atoms with Gasteiger partial charge >= 0.3 is 12.6 Å². The van der Waals surface area contributed by atoms with Gasteiger partial charge in [0.2, 0.25) is 10.0 Å². The summed E-state index contributed by atoms with van der Waals surface area (Å²) in [5.41, 5.74) is 0.948. The summed E-state index contributed by atoms with van der Waals surface area (Å²) in [5, 5.41) is 0.414. The molecular formula is C32H33Cl2F2N3O7S. The van der Waals surface area contributed by atoms with Gasteiger partial charge in [-0.15, -0.1) is 0 Å². The minimum absolute atomic E-state index is 0.0416. The number of halogens is 4. The third-order valence-corrected chi connectivity index (χ3v) is 10.5. The van der Waals surface area contributed by atoms with Gasteiger partial charge in [0, 0.05) is 45.0 Å². The van der Waals surface area contributed by atoms with Gasteiger partial charge in [-0.3, -0.25) is 14.6 Å². The van der Waals surface area contributed by atoms with E-state index in [0.29, 0.717) is 30.1 Å². The molecule has 3 aromatic rings. The van der Waals surface area contributed by atoms with Crippen LogP contribution in [0.4, 0.5) is 8.78 Å². The van der Waals surface area contributed by atoms with E-state index in [1.807, 2.05) is 0 Å². The molecule has 15 heteroatoms. The van der Waals surface area contributed by atoms with E-state index in [9.17, 15) is 26.8 Å². The minimum Gasteiger partial charge on any atom is -0.489 e.